The van der Waals surface area contributed by atoms with E-state index in [4.69, 9.17) is 16.3 Å². The van der Waals surface area contributed by atoms with E-state index in [2.05, 4.69) is 10.5 Å². The Kier molecular flexibility index (Phi) is 6.19. The number of nitrogens with two attached hydrogens (primary N) is 2. The van der Waals surface area contributed by atoms with Gasteiger partial charge in [0.1, 0.15) is 5.57 Å². The molecule has 5 N–H and O–H groups in total. The zero-order valence-electron chi connectivity index (χ0n) is 18.0. The van der Waals surface area contributed by atoms with E-state index in [0.717, 1.165) is 25.7 Å². The lowest BCUT2D eigenvalue weighted by molar-refractivity contribution is -0.127. The molecule has 1 fully saturated rings. The summed E-state index contributed by atoms with van der Waals surface area (Å²) in [6.07, 6.45) is 3.56. The largest absolute Gasteiger partial charge is 0.399 e. The molecule has 0 radical (unpaired) electrons. The van der Waals surface area contributed by atoms with Crippen LogP contribution in [0.2, 0.25) is 0 Å². The maximum atomic E-state index is 12.6. The molecule has 0 bridgehead atoms. The van der Waals surface area contributed by atoms with E-state index in [1.807, 2.05) is 0 Å². The normalized spacial score (nSPS) is 18.0. The molecule has 1 aliphatic carbocycles. The maximum Gasteiger partial charge on any atom is 0.265 e. The summed E-state index contributed by atoms with van der Waals surface area (Å²) in [7, 11) is 5.04. The fraction of sp³-hybridized carbons (Fsp3) is 0.429. The van der Waals surface area contributed by atoms with Crippen LogP contribution in [0.4, 0.5) is 5.69 Å². The number of oxime groups is 1. The van der Waals surface area contributed by atoms with Crippen LogP contribution in [0.25, 0.3) is 0 Å². The molecule has 166 valence electrons. The van der Waals surface area contributed by atoms with Crippen LogP contribution in [0.3, 0.4) is 0 Å². The fourth-order valence-corrected chi connectivity index (χ4v) is 4.06. The van der Waals surface area contributed by atoms with Crippen LogP contribution >= 0.6 is 0 Å². The van der Waals surface area contributed by atoms with Gasteiger partial charge in [-0.25, -0.2) is 0 Å². The van der Waals surface area contributed by atoms with Crippen LogP contribution in [0.15, 0.2) is 40.7 Å². The lowest BCUT2D eigenvalue weighted by Crippen LogP contribution is -2.45. The molecule has 0 saturated heterocycles. The van der Waals surface area contributed by atoms with E-state index in [9.17, 15) is 14.4 Å². The van der Waals surface area contributed by atoms with Crippen molar-refractivity contribution in [2.24, 2.45) is 16.6 Å². The monoisotopic (exact) mass is 428 g/mol. The minimum Gasteiger partial charge on any atom is -0.399 e. The van der Waals surface area contributed by atoms with Crippen molar-refractivity contribution in [2.45, 2.75) is 31.2 Å². The lowest BCUT2D eigenvalue weighted by atomic mass is 9.93. The molecular formula is C21H28N6O4. The van der Waals surface area contributed by atoms with Crippen LogP contribution in [-0.2, 0) is 14.4 Å². The Bertz CT molecular complexity index is 945. The average molecular weight is 428 g/mol. The summed E-state index contributed by atoms with van der Waals surface area (Å²) >= 11 is 0. The molecule has 1 aromatic carbocycles. The number of amides is 3. The first-order valence-electron chi connectivity index (χ1n) is 10.0. The molecule has 10 heteroatoms. The topological polar surface area (TPSA) is 143 Å². The minimum atomic E-state index is -0.496. The van der Waals surface area contributed by atoms with Crippen LogP contribution in [-0.4, -0.2) is 66.6 Å². The number of likely N-dealkylation sites (N-methyl/N-ethyl adjacent to an activating group) is 1. The quantitative estimate of drug-likeness (QED) is 0.344. The van der Waals surface area contributed by atoms with Crippen molar-refractivity contribution in [3.05, 3.63) is 41.1 Å². The predicted molar refractivity (Wildman–Crippen MR) is 116 cm³/mol. The highest BCUT2D eigenvalue weighted by Crippen LogP contribution is 2.44. The first-order chi connectivity index (χ1) is 14.7. The molecule has 10 nitrogen and oxygen atoms in total. The summed E-state index contributed by atoms with van der Waals surface area (Å²) in [5.74, 6) is -1.03. The molecule has 1 aliphatic heterocycles. The highest BCUT2D eigenvalue weighted by Gasteiger charge is 2.51. The number of anilines is 1. The number of carbonyl (C=O) groups excluding carboxylic acids is 3. The highest BCUT2D eigenvalue weighted by molar-refractivity contribution is 6.22. The fourth-order valence-electron chi connectivity index (χ4n) is 4.06. The Morgan fingerprint density at radius 2 is 1.84 bits per heavy atom. The molecule has 0 unspecified atom stereocenters. The van der Waals surface area contributed by atoms with E-state index in [1.54, 1.807) is 50.3 Å². The molecule has 31 heavy (non-hydrogen) atoms. The van der Waals surface area contributed by atoms with Gasteiger partial charge in [-0.1, -0.05) is 18.0 Å². The second-order valence-electron chi connectivity index (χ2n) is 7.97. The number of rotatable bonds is 6. The lowest BCUT2D eigenvalue weighted by Gasteiger charge is -2.33. The number of nitrogens with one attached hydrogen (secondary N) is 1. The molecule has 0 aromatic heterocycles. The summed E-state index contributed by atoms with van der Waals surface area (Å²) in [5.41, 5.74) is 13.3. The second kappa shape index (κ2) is 8.66. The number of benzene rings is 1. The third kappa shape index (κ3) is 4.18. The van der Waals surface area contributed by atoms with Gasteiger partial charge in [-0.2, -0.15) is 0 Å². The van der Waals surface area contributed by atoms with Crippen molar-refractivity contribution in [1.82, 2.24) is 9.80 Å². The van der Waals surface area contributed by atoms with E-state index in [1.165, 1.54) is 4.90 Å². The summed E-state index contributed by atoms with van der Waals surface area (Å²) in [4.78, 5) is 44.8. The third-order valence-electron chi connectivity index (χ3n) is 5.80. The number of amidine groups is 1. The van der Waals surface area contributed by atoms with Crippen LogP contribution in [0, 0.1) is 0 Å². The molecule has 1 aromatic rings. The Labute approximate surface area is 180 Å². The van der Waals surface area contributed by atoms with Crippen molar-refractivity contribution in [3.8, 4) is 0 Å². The van der Waals surface area contributed by atoms with Gasteiger partial charge >= 0.3 is 0 Å². The molecular weight excluding hydrogens is 400 g/mol. The van der Waals surface area contributed by atoms with E-state index < -0.39 is 18.1 Å². The van der Waals surface area contributed by atoms with E-state index in [0.29, 0.717) is 16.9 Å². The summed E-state index contributed by atoms with van der Waals surface area (Å²) in [6.45, 7) is -0.401. The Morgan fingerprint density at radius 3 is 2.42 bits per heavy atom. The van der Waals surface area contributed by atoms with Crippen molar-refractivity contribution in [1.29, 1.82) is 0 Å². The SMILES string of the molecule is CN(C)C(=O)c1ccc(NC(=O)CO/N=C(/N)C2=C(N)C3(CCCC3)N(C)C2=O)cc1. The molecule has 2 aliphatic rings. The first-order valence-corrected chi connectivity index (χ1v) is 10.0. The third-order valence-corrected chi connectivity index (χ3v) is 5.80. The van der Waals surface area contributed by atoms with Gasteiger partial charge in [0, 0.05) is 32.4 Å². The van der Waals surface area contributed by atoms with Crippen molar-refractivity contribution >= 4 is 29.2 Å². The van der Waals surface area contributed by atoms with Crippen molar-refractivity contribution < 1.29 is 19.2 Å². The molecule has 1 spiro atoms. The second-order valence-corrected chi connectivity index (χ2v) is 7.97. The Hall–Kier alpha value is -3.56. The van der Waals surface area contributed by atoms with Gasteiger partial charge in [-0.3, -0.25) is 14.4 Å². The molecule has 0 atom stereocenters. The Morgan fingerprint density at radius 1 is 1.23 bits per heavy atom. The average Bonchev–Trinajstić information content (AvgIpc) is 3.29. The van der Waals surface area contributed by atoms with Crippen molar-refractivity contribution in [3.63, 3.8) is 0 Å². The van der Waals surface area contributed by atoms with E-state index in [-0.39, 0.29) is 23.2 Å². The number of hydrogen-bond donors (Lipinski definition) is 3. The standard InChI is InChI=1S/C21H28N6O4/c1-26(2)19(29)13-6-8-14(9-7-13)24-15(28)12-31-25-18(23)16-17(22)21(10-4-5-11-21)27(3)20(16)30/h6-9H,4-5,10-12,22H2,1-3H3,(H2,23,25)(H,24,28). The van der Waals surface area contributed by atoms with Gasteiger partial charge in [-0.05, 0) is 37.1 Å². The van der Waals surface area contributed by atoms with Gasteiger partial charge in [0.15, 0.2) is 12.4 Å². The predicted octanol–water partition coefficient (Wildman–Crippen LogP) is 0.613. The Balaban J connectivity index is 1.59. The summed E-state index contributed by atoms with van der Waals surface area (Å²) in [6, 6.07) is 6.47. The van der Waals surface area contributed by atoms with E-state index >= 15 is 0 Å². The van der Waals surface area contributed by atoms with Crippen LogP contribution < -0.4 is 16.8 Å². The molecule has 1 heterocycles. The highest BCUT2D eigenvalue weighted by atomic mass is 16.6. The van der Waals surface area contributed by atoms with Gasteiger partial charge in [0.25, 0.3) is 17.7 Å². The first kappa shape index (κ1) is 22.1. The van der Waals surface area contributed by atoms with Crippen LogP contribution in [0.5, 0.6) is 0 Å². The molecule has 3 rings (SSSR count). The van der Waals surface area contributed by atoms with Gasteiger partial charge < -0.3 is 31.4 Å². The number of carbonyl (C=O) groups is 3. The zero-order valence-corrected chi connectivity index (χ0v) is 18.0. The number of hydrogen-bond acceptors (Lipinski definition) is 6. The smallest absolute Gasteiger partial charge is 0.265 e. The molecule has 3 amide bonds. The van der Waals surface area contributed by atoms with Gasteiger partial charge in [-0.15, -0.1) is 0 Å². The van der Waals surface area contributed by atoms with Crippen molar-refractivity contribution in [2.75, 3.05) is 33.1 Å². The summed E-state index contributed by atoms with van der Waals surface area (Å²) < 4.78 is 0. The van der Waals surface area contributed by atoms with Gasteiger partial charge in [0.05, 0.1) is 11.2 Å². The zero-order chi connectivity index (χ0) is 22.8. The molecule has 1 saturated carbocycles. The van der Waals surface area contributed by atoms with Crippen LogP contribution in [0.1, 0.15) is 36.0 Å². The summed E-state index contributed by atoms with van der Waals surface area (Å²) in [5, 5.41) is 6.37. The number of nitrogens with zero attached hydrogens (tertiary/aromatic N) is 3. The van der Waals surface area contributed by atoms with Gasteiger partial charge in [0.2, 0.25) is 0 Å². The maximum absolute atomic E-state index is 12.6. The minimum absolute atomic E-state index is 0.133.